The number of aryl methyl sites for hydroxylation is 1. The van der Waals surface area contributed by atoms with Crippen LogP contribution in [0.15, 0.2) is 18.2 Å². The number of benzene rings is 1. The second-order valence-electron chi connectivity index (χ2n) is 6.20. The first-order valence-corrected chi connectivity index (χ1v) is 8.09. The van der Waals surface area contributed by atoms with Crippen LogP contribution in [0, 0.1) is 5.92 Å². The summed E-state index contributed by atoms with van der Waals surface area (Å²) < 4.78 is 10.5. The van der Waals surface area contributed by atoms with Crippen molar-refractivity contribution in [2.24, 2.45) is 11.7 Å². The van der Waals surface area contributed by atoms with E-state index in [9.17, 15) is 4.79 Å². The Kier molecular flexibility index (Phi) is 7.89. The maximum absolute atomic E-state index is 12.2. The maximum atomic E-state index is 12.2. The van der Waals surface area contributed by atoms with Crippen LogP contribution in [0.5, 0.6) is 11.5 Å². The van der Waals surface area contributed by atoms with Gasteiger partial charge in [-0.25, -0.2) is 0 Å². The first-order chi connectivity index (χ1) is 10.9. The molecule has 0 fully saturated rings. The molecule has 0 aliphatic heterocycles. The van der Waals surface area contributed by atoms with E-state index < -0.39 is 0 Å². The molecular weight excluding hydrogens is 292 g/mol. The van der Waals surface area contributed by atoms with Gasteiger partial charge in [-0.2, -0.15) is 0 Å². The smallest absolute Gasteiger partial charge is 0.222 e. The highest BCUT2D eigenvalue weighted by molar-refractivity contribution is 5.76. The molecule has 0 bridgehead atoms. The van der Waals surface area contributed by atoms with Crippen molar-refractivity contribution in [3.05, 3.63) is 23.8 Å². The Morgan fingerprint density at radius 3 is 2.43 bits per heavy atom. The fraction of sp³-hybridized carbons (Fsp3) is 0.611. The van der Waals surface area contributed by atoms with Crippen LogP contribution >= 0.6 is 0 Å². The summed E-state index contributed by atoms with van der Waals surface area (Å²) in [7, 11) is 5.06. The van der Waals surface area contributed by atoms with Gasteiger partial charge in [0, 0.05) is 26.1 Å². The number of hydrogen-bond donors (Lipinski definition) is 1. The SMILES string of the molecule is COc1ccc(CCC(=O)N(C)CCC(N)C(C)C)cc1OC. The van der Waals surface area contributed by atoms with Gasteiger partial charge in [0.1, 0.15) is 0 Å². The van der Waals surface area contributed by atoms with E-state index in [0.29, 0.717) is 36.8 Å². The van der Waals surface area contributed by atoms with E-state index in [-0.39, 0.29) is 11.9 Å². The van der Waals surface area contributed by atoms with E-state index in [0.717, 1.165) is 12.0 Å². The average Bonchev–Trinajstić information content (AvgIpc) is 2.56. The lowest BCUT2D eigenvalue weighted by Crippen LogP contribution is -2.34. The topological polar surface area (TPSA) is 64.8 Å². The van der Waals surface area contributed by atoms with E-state index >= 15 is 0 Å². The third-order valence-electron chi connectivity index (χ3n) is 4.16. The predicted octanol–water partition coefficient (Wildman–Crippen LogP) is 2.47. The second-order valence-corrected chi connectivity index (χ2v) is 6.20. The molecule has 2 N–H and O–H groups in total. The summed E-state index contributed by atoms with van der Waals surface area (Å²) >= 11 is 0. The van der Waals surface area contributed by atoms with Gasteiger partial charge in [-0.3, -0.25) is 4.79 Å². The number of hydrogen-bond acceptors (Lipinski definition) is 4. The van der Waals surface area contributed by atoms with Crippen LogP contribution in [0.3, 0.4) is 0 Å². The van der Waals surface area contributed by atoms with Crippen molar-refractivity contribution in [3.63, 3.8) is 0 Å². The molecule has 5 nitrogen and oxygen atoms in total. The van der Waals surface area contributed by atoms with Gasteiger partial charge >= 0.3 is 0 Å². The number of ether oxygens (including phenoxy) is 2. The van der Waals surface area contributed by atoms with Gasteiger partial charge in [0.25, 0.3) is 0 Å². The lowest BCUT2D eigenvalue weighted by molar-refractivity contribution is -0.129. The highest BCUT2D eigenvalue weighted by atomic mass is 16.5. The van der Waals surface area contributed by atoms with Crippen molar-refractivity contribution in [1.29, 1.82) is 0 Å². The zero-order chi connectivity index (χ0) is 17.4. The average molecular weight is 322 g/mol. The second kappa shape index (κ2) is 9.40. The van der Waals surface area contributed by atoms with Gasteiger partial charge in [-0.1, -0.05) is 19.9 Å². The molecule has 0 spiro atoms. The van der Waals surface area contributed by atoms with Crippen molar-refractivity contribution >= 4 is 5.91 Å². The van der Waals surface area contributed by atoms with Crippen molar-refractivity contribution in [2.75, 3.05) is 27.8 Å². The van der Waals surface area contributed by atoms with Crippen molar-refractivity contribution in [1.82, 2.24) is 4.90 Å². The van der Waals surface area contributed by atoms with Crippen LogP contribution in [-0.2, 0) is 11.2 Å². The number of nitrogens with two attached hydrogens (primary N) is 1. The molecule has 1 atom stereocenters. The van der Waals surface area contributed by atoms with Crippen LogP contribution in [-0.4, -0.2) is 44.7 Å². The van der Waals surface area contributed by atoms with Gasteiger partial charge in [0.05, 0.1) is 14.2 Å². The molecule has 1 aromatic carbocycles. The number of amides is 1. The van der Waals surface area contributed by atoms with Gasteiger partial charge in [-0.05, 0) is 36.5 Å². The molecule has 0 radical (unpaired) electrons. The molecular formula is C18H30N2O3. The number of carbonyl (C=O) groups excluding carboxylic acids is 1. The van der Waals surface area contributed by atoms with E-state index in [1.54, 1.807) is 19.1 Å². The van der Waals surface area contributed by atoms with Crippen molar-refractivity contribution < 1.29 is 14.3 Å². The first kappa shape index (κ1) is 19.3. The molecule has 0 aromatic heterocycles. The first-order valence-electron chi connectivity index (χ1n) is 8.09. The zero-order valence-electron chi connectivity index (χ0n) is 15.0. The van der Waals surface area contributed by atoms with E-state index in [4.69, 9.17) is 15.2 Å². The normalized spacial score (nSPS) is 12.1. The maximum Gasteiger partial charge on any atom is 0.222 e. The molecule has 23 heavy (non-hydrogen) atoms. The van der Waals surface area contributed by atoms with E-state index in [1.165, 1.54) is 0 Å². The lowest BCUT2D eigenvalue weighted by Gasteiger charge is -2.21. The molecule has 1 amide bonds. The van der Waals surface area contributed by atoms with Crippen LogP contribution < -0.4 is 15.2 Å². The minimum absolute atomic E-state index is 0.135. The Morgan fingerprint density at radius 2 is 1.87 bits per heavy atom. The monoisotopic (exact) mass is 322 g/mol. The predicted molar refractivity (Wildman–Crippen MR) is 92.9 cm³/mol. The van der Waals surface area contributed by atoms with Crippen molar-refractivity contribution in [3.8, 4) is 11.5 Å². The molecule has 0 aliphatic rings. The summed E-state index contributed by atoms with van der Waals surface area (Å²) in [6, 6.07) is 5.88. The fourth-order valence-electron chi connectivity index (χ4n) is 2.28. The zero-order valence-corrected chi connectivity index (χ0v) is 15.0. The third-order valence-corrected chi connectivity index (χ3v) is 4.16. The van der Waals surface area contributed by atoms with Crippen LogP contribution in [0.2, 0.25) is 0 Å². The number of carbonyl (C=O) groups is 1. The summed E-state index contributed by atoms with van der Waals surface area (Å²) in [6.07, 6.45) is 1.99. The Labute approximate surface area is 139 Å². The molecule has 5 heteroatoms. The number of nitrogens with zero attached hydrogens (tertiary/aromatic N) is 1. The Morgan fingerprint density at radius 1 is 1.22 bits per heavy atom. The highest BCUT2D eigenvalue weighted by Gasteiger charge is 2.13. The summed E-state index contributed by atoms with van der Waals surface area (Å²) in [6.45, 7) is 4.90. The van der Waals surface area contributed by atoms with Gasteiger partial charge in [-0.15, -0.1) is 0 Å². The highest BCUT2D eigenvalue weighted by Crippen LogP contribution is 2.28. The van der Waals surface area contributed by atoms with Gasteiger partial charge < -0.3 is 20.1 Å². The summed E-state index contributed by atoms with van der Waals surface area (Å²) in [4.78, 5) is 14.0. The number of rotatable bonds is 9. The summed E-state index contributed by atoms with van der Waals surface area (Å²) in [5.74, 6) is 1.96. The Bertz CT molecular complexity index is 503. The van der Waals surface area contributed by atoms with Crippen LogP contribution in [0.25, 0.3) is 0 Å². The fourth-order valence-corrected chi connectivity index (χ4v) is 2.28. The lowest BCUT2D eigenvalue weighted by atomic mass is 10.0. The molecule has 130 valence electrons. The molecule has 1 rings (SSSR count). The molecule has 0 saturated carbocycles. The Balaban J connectivity index is 2.49. The minimum atomic E-state index is 0.135. The van der Waals surface area contributed by atoms with Gasteiger partial charge in [0.2, 0.25) is 5.91 Å². The Hall–Kier alpha value is -1.75. The summed E-state index contributed by atoms with van der Waals surface area (Å²) in [5, 5.41) is 0. The van der Waals surface area contributed by atoms with Crippen LogP contribution in [0.1, 0.15) is 32.3 Å². The minimum Gasteiger partial charge on any atom is -0.493 e. The quantitative estimate of drug-likeness (QED) is 0.758. The molecule has 0 saturated heterocycles. The molecule has 0 aliphatic carbocycles. The van der Waals surface area contributed by atoms with E-state index in [2.05, 4.69) is 13.8 Å². The largest absolute Gasteiger partial charge is 0.493 e. The summed E-state index contributed by atoms with van der Waals surface area (Å²) in [5.41, 5.74) is 7.08. The van der Waals surface area contributed by atoms with E-state index in [1.807, 2.05) is 25.2 Å². The molecule has 0 heterocycles. The molecule has 1 unspecified atom stereocenters. The van der Waals surface area contributed by atoms with Gasteiger partial charge in [0.15, 0.2) is 11.5 Å². The molecule has 1 aromatic rings. The van der Waals surface area contributed by atoms with Crippen molar-refractivity contribution in [2.45, 2.75) is 39.2 Å². The standard InChI is InChI=1S/C18H30N2O3/c1-13(2)15(19)10-11-20(3)18(21)9-7-14-6-8-16(22-4)17(12-14)23-5/h6,8,12-13,15H,7,9-11,19H2,1-5H3. The third kappa shape index (κ3) is 6.10. The van der Waals surface area contributed by atoms with Crippen LogP contribution in [0.4, 0.5) is 0 Å². The number of methoxy groups -OCH3 is 2.